The summed E-state index contributed by atoms with van der Waals surface area (Å²) in [5, 5.41) is 34.2. The smallest absolute Gasteiger partial charge is 0.409 e. The zero-order valence-corrected chi connectivity index (χ0v) is 24.4. The van der Waals surface area contributed by atoms with Crippen molar-refractivity contribution >= 4 is 58.5 Å². The minimum Gasteiger partial charge on any atom is -0.481 e. The predicted octanol–water partition coefficient (Wildman–Crippen LogP) is 0.898. The summed E-state index contributed by atoms with van der Waals surface area (Å²) in [6, 6.07) is 2.99. The summed E-state index contributed by atoms with van der Waals surface area (Å²) in [5.41, 5.74) is 0.710. The maximum Gasteiger partial charge on any atom is 0.409 e. The Morgan fingerprint density at radius 3 is 2.38 bits per heavy atom. The summed E-state index contributed by atoms with van der Waals surface area (Å²) in [6.07, 6.45) is -0.843. The molecule has 2 aliphatic rings. The lowest BCUT2D eigenvalue weighted by molar-refractivity contribution is -0.141. The monoisotopic (exact) mass is 619 g/mol. The maximum atomic E-state index is 13.6. The second kappa shape index (κ2) is 15.0. The summed E-state index contributed by atoms with van der Waals surface area (Å²) < 4.78 is 5.04. The van der Waals surface area contributed by atoms with E-state index in [2.05, 4.69) is 15.5 Å². The highest BCUT2D eigenvalue weighted by atomic mass is 35.5. The van der Waals surface area contributed by atoms with E-state index in [0.717, 1.165) is 25.9 Å². The number of carboxylic acids is 1. The minimum absolute atomic E-state index is 0.0305. The molecule has 0 spiro atoms. The van der Waals surface area contributed by atoms with E-state index in [4.69, 9.17) is 45.3 Å². The number of carboxylic acid groups (broad SMARTS) is 1. The minimum atomic E-state index is -1.96. The zero-order valence-electron chi connectivity index (χ0n) is 22.1. The van der Waals surface area contributed by atoms with Crippen LogP contribution in [0.25, 0.3) is 0 Å². The molecule has 0 bridgehead atoms. The number of hydrogen-bond donors (Lipinski definition) is 5. The van der Waals surface area contributed by atoms with Crippen LogP contribution in [0.2, 0.25) is 10.0 Å². The molecule has 2 amide bonds. The van der Waals surface area contributed by atoms with Gasteiger partial charge >= 0.3 is 12.1 Å². The number of aliphatic hydroxyl groups excluding tert-OH is 1. The van der Waals surface area contributed by atoms with Crippen LogP contribution in [0.15, 0.2) is 18.2 Å². The van der Waals surface area contributed by atoms with Gasteiger partial charge in [0.1, 0.15) is 0 Å². The third-order valence-electron chi connectivity index (χ3n) is 7.00. The van der Waals surface area contributed by atoms with Crippen molar-refractivity contribution in [2.45, 2.75) is 50.1 Å². The molecule has 2 fully saturated rings. The van der Waals surface area contributed by atoms with Gasteiger partial charge in [0.05, 0.1) is 48.1 Å². The molecule has 0 aliphatic carbocycles. The number of likely N-dealkylation sites (tertiary alicyclic amines) is 1. The first-order chi connectivity index (χ1) is 19.0. The van der Waals surface area contributed by atoms with Gasteiger partial charge in [0.15, 0.2) is 11.4 Å². The zero-order chi connectivity index (χ0) is 29.4. The van der Waals surface area contributed by atoms with Crippen molar-refractivity contribution in [3.05, 3.63) is 33.8 Å². The molecule has 0 saturated carbocycles. The Bertz CT molecular complexity index is 1080. The molecule has 2 aliphatic heterocycles. The third-order valence-corrected chi connectivity index (χ3v) is 8.00. The Morgan fingerprint density at radius 1 is 1.10 bits per heavy atom. The first-order valence-electron chi connectivity index (χ1n) is 12.9. The fourth-order valence-corrected chi connectivity index (χ4v) is 5.52. The van der Waals surface area contributed by atoms with E-state index in [1.165, 1.54) is 7.11 Å². The number of ether oxygens (including phenoxy) is 1. The Hall–Kier alpha value is -2.42. The molecule has 5 N–H and O–H groups in total. The second-order valence-electron chi connectivity index (χ2n) is 9.88. The molecular weight excluding hydrogens is 585 g/mol. The number of carbonyl (C=O) groups is 3. The van der Waals surface area contributed by atoms with E-state index in [1.54, 1.807) is 28.0 Å². The van der Waals surface area contributed by atoms with E-state index in [1.807, 2.05) is 0 Å². The van der Waals surface area contributed by atoms with Gasteiger partial charge < -0.3 is 40.5 Å². The molecule has 2 heterocycles. The van der Waals surface area contributed by atoms with Gasteiger partial charge in [0.25, 0.3) is 0 Å². The van der Waals surface area contributed by atoms with Gasteiger partial charge in [-0.25, -0.2) is 4.79 Å². The molecule has 3 unspecified atom stereocenters. The number of nitrogens with zero attached hydrogens (tertiary/aromatic N) is 3. The molecule has 2 saturated heterocycles. The van der Waals surface area contributed by atoms with Crippen molar-refractivity contribution in [1.29, 1.82) is 0 Å². The van der Waals surface area contributed by atoms with Crippen LogP contribution >= 0.6 is 35.4 Å². The van der Waals surface area contributed by atoms with Crippen LogP contribution in [0.1, 0.15) is 24.8 Å². The number of benzene rings is 1. The van der Waals surface area contributed by atoms with Gasteiger partial charge in [0, 0.05) is 26.2 Å². The highest BCUT2D eigenvalue weighted by Gasteiger charge is 2.40. The van der Waals surface area contributed by atoms with E-state index >= 15 is 0 Å². The topological polar surface area (TPSA) is 155 Å². The number of halogens is 2. The first kappa shape index (κ1) is 32.1. The number of piperazine rings is 1. The van der Waals surface area contributed by atoms with Crippen molar-refractivity contribution < 1.29 is 34.4 Å². The number of nitrogens with one attached hydrogen (secondary N) is 2. The molecule has 0 radical (unpaired) electrons. The van der Waals surface area contributed by atoms with Crippen LogP contribution in [-0.2, 0) is 20.7 Å². The van der Waals surface area contributed by atoms with E-state index in [9.17, 15) is 24.6 Å². The maximum absolute atomic E-state index is 13.6. The number of carbonyl (C=O) groups excluding carboxylic acids is 2. The number of rotatable bonds is 10. The average molecular weight is 621 g/mol. The van der Waals surface area contributed by atoms with Gasteiger partial charge in [0.2, 0.25) is 5.91 Å². The van der Waals surface area contributed by atoms with E-state index in [-0.39, 0.29) is 43.1 Å². The normalized spacial score (nSPS) is 20.4. The predicted molar refractivity (Wildman–Crippen MR) is 152 cm³/mol. The van der Waals surface area contributed by atoms with Gasteiger partial charge in [-0.05, 0) is 55.8 Å². The molecule has 1 aromatic rings. The molecule has 3 rings (SSSR count). The summed E-state index contributed by atoms with van der Waals surface area (Å²) in [6.45, 7) is 2.96. The lowest BCUT2D eigenvalue weighted by Gasteiger charge is -2.46. The molecule has 1 aromatic carbocycles. The van der Waals surface area contributed by atoms with Crippen LogP contribution < -0.4 is 10.6 Å². The summed E-state index contributed by atoms with van der Waals surface area (Å²) in [7, 11) is 1.29. The fraction of sp³-hybridized carbons (Fsp3) is 0.600. The number of aliphatic hydroxyl groups is 2. The van der Waals surface area contributed by atoms with Crippen molar-refractivity contribution in [3.8, 4) is 0 Å². The summed E-state index contributed by atoms with van der Waals surface area (Å²) >= 11 is 17.4. The summed E-state index contributed by atoms with van der Waals surface area (Å²) in [4.78, 5) is 43.0. The lowest BCUT2D eigenvalue weighted by atomic mass is 10.0. The number of aliphatic carboxylic acids is 1. The molecule has 12 nitrogen and oxygen atoms in total. The highest BCUT2D eigenvalue weighted by Crippen LogP contribution is 2.25. The Kier molecular flexibility index (Phi) is 12.0. The third kappa shape index (κ3) is 9.05. The van der Waals surface area contributed by atoms with E-state index < -0.39 is 36.9 Å². The number of methoxy groups -OCH3 is 1. The van der Waals surface area contributed by atoms with Gasteiger partial charge in [-0.2, -0.15) is 0 Å². The Labute approximate surface area is 248 Å². The largest absolute Gasteiger partial charge is 0.481 e. The Morgan fingerprint density at radius 2 is 1.77 bits per heavy atom. The lowest BCUT2D eigenvalue weighted by Crippen LogP contribution is -2.66. The van der Waals surface area contributed by atoms with Gasteiger partial charge in [-0.3, -0.25) is 14.5 Å². The molecule has 3 atom stereocenters. The van der Waals surface area contributed by atoms with Crippen LogP contribution in [0.5, 0.6) is 0 Å². The average Bonchev–Trinajstić information content (AvgIpc) is 3.41. The van der Waals surface area contributed by atoms with Crippen LogP contribution in [0.3, 0.4) is 0 Å². The van der Waals surface area contributed by atoms with E-state index in [0.29, 0.717) is 22.2 Å². The highest BCUT2D eigenvalue weighted by molar-refractivity contribution is 7.80. The molecule has 222 valence electrons. The number of hydrogen-bond acceptors (Lipinski definition) is 8. The fourth-order valence-electron chi connectivity index (χ4n) is 4.96. The van der Waals surface area contributed by atoms with Gasteiger partial charge in [-0.15, -0.1) is 0 Å². The molecule has 15 heteroatoms. The van der Waals surface area contributed by atoms with Crippen LogP contribution in [0, 0.1) is 0 Å². The number of thiocarbonyl (C=S) groups is 1. The quantitative estimate of drug-likeness (QED) is 0.187. The van der Waals surface area contributed by atoms with Gasteiger partial charge in [-0.1, -0.05) is 29.3 Å². The van der Waals surface area contributed by atoms with Crippen molar-refractivity contribution in [2.75, 3.05) is 46.4 Å². The molecule has 40 heavy (non-hydrogen) atoms. The van der Waals surface area contributed by atoms with Crippen LogP contribution in [-0.4, -0.2) is 124 Å². The standard InChI is InChI=1S/C25H35Cl2N5O7S/c1-39-25(38)32-14-17(12-30-6-2-3-7-30)31(21(33)9-15-4-5-18(26)19(27)8-15)13-16(32)11-28-24(40)29-20(23(36)37)10-22(34)35/h4-5,8,16-17,20,23,36-37H,2-3,6-7,9-14H2,1H3,(H,34,35)(H2,28,29,40). The number of amides is 2. The van der Waals surface area contributed by atoms with Crippen molar-refractivity contribution in [2.24, 2.45) is 0 Å². The van der Waals surface area contributed by atoms with Crippen molar-refractivity contribution in [1.82, 2.24) is 25.3 Å². The first-order valence-corrected chi connectivity index (χ1v) is 14.1. The SMILES string of the molecule is COC(=O)N1CC(CN2CCCC2)N(C(=O)Cc2ccc(Cl)c(Cl)c2)CC1CNC(=S)NC(CC(=O)O)C(O)O. The molecular formula is C25H35Cl2N5O7S. The Balaban J connectivity index is 1.77. The second-order valence-corrected chi connectivity index (χ2v) is 11.1. The molecule has 0 aromatic heterocycles. The summed E-state index contributed by atoms with van der Waals surface area (Å²) in [5.74, 6) is -1.37. The van der Waals surface area contributed by atoms with Crippen molar-refractivity contribution in [3.63, 3.8) is 0 Å². The van der Waals surface area contributed by atoms with Crippen LogP contribution in [0.4, 0.5) is 4.79 Å².